The van der Waals surface area contributed by atoms with Gasteiger partial charge in [0.2, 0.25) is 11.8 Å². The van der Waals surface area contributed by atoms with Crippen molar-refractivity contribution in [2.45, 2.75) is 11.7 Å². The molecule has 0 saturated carbocycles. The zero-order valence-electron chi connectivity index (χ0n) is 17.0. The molecule has 0 radical (unpaired) electrons. The van der Waals surface area contributed by atoms with Crippen LogP contribution in [-0.2, 0) is 19.1 Å². The summed E-state index contributed by atoms with van der Waals surface area (Å²) in [7, 11) is 0. The monoisotopic (exact) mass is 550 g/mol. The van der Waals surface area contributed by atoms with E-state index < -0.39 is 29.4 Å². The van der Waals surface area contributed by atoms with Gasteiger partial charge in [-0.1, -0.05) is 51.3 Å². The third-order valence-electron chi connectivity index (χ3n) is 6.05. The Kier molecular flexibility index (Phi) is 5.73. The SMILES string of the molecule is O=C(COc1ccc(Cl)cc1Cl)NC[C@@]12C=C[C@@H](O1)[C@@H]1C(=O)N(c3ccc(Br)cc3)C(=O)[C@H]12. The molecule has 2 aromatic carbocycles. The number of halogens is 3. The van der Waals surface area contributed by atoms with Gasteiger partial charge in [0.05, 0.1) is 35.2 Å². The second-order valence-electron chi connectivity index (χ2n) is 8.03. The summed E-state index contributed by atoms with van der Waals surface area (Å²) < 4.78 is 12.3. The summed E-state index contributed by atoms with van der Waals surface area (Å²) in [5.74, 6) is -2.05. The lowest BCUT2D eigenvalue weighted by atomic mass is 9.77. The summed E-state index contributed by atoms with van der Waals surface area (Å²) >= 11 is 15.3. The maximum absolute atomic E-state index is 13.3. The van der Waals surface area contributed by atoms with Crippen LogP contribution in [0.3, 0.4) is 0 Å². The molecule has 3 aliphatic heterocycles. The van der Waals surface area contributed by atoms with Crippen molar-refractivity contribution in [1.29, 1.82) is 0 Å². The average Bonchev–Trinajstić information content (AvgIpc) is 3.43. The summed E-state index contributed by atoms with van der Waals surface area (Å²) in [6, 6.07) is 11.7. The Labute approximate surface area is 207 Å². The number of hydrogen-bond acceptors (Lipinski definition) is 5. The van der Waals surface area contributed by atoms with Gasteiger partial charge in [0.15, 0.2) is 6.61 Å². The topological polar surface area (TPSA) is 84.9 Å². The number of imide groups is 1. The van der Waals surface area contributed by atoms with E-state index in [1.54, 1.807) is 48.6 Å². The van der Waals surface area contributed by atoms with Gasteiger partial charge in [0.1, 0.15) is 11.4 Å². The van der Waals surface area contributed by atoms with Gasteiger partial charge in [-0.25, -0.2) is 4.90 Å². The van der Waals surface area contributed by atoms with Gasteiger partial charge in [0.25, 0.3) is 5.91 Å². The van der Waals surface area contributed by atoms with E-state index in [9.17, 15) is 14.4 Å². The van der Waals surface area contributed by atoms with Crippen molar-refractivity contribution in [2.24, 2.45) is 11.8 Å². The highest BCUT2D eigenvalue weighted by Crippen LogP contribution is 2.52. The highest BCUT2D eigenvalue weighted by Gasteiger charge is 2.67. The number of carbonyl (C=O) groups is 3. The molecule has 4 atom stereocenters. The van der Waals surface area contributed by atoms with Gasteiger partial charge in [-0.2, -0.15) is 0 Å². The Morgan fingerprint density at radius 3 is 2.64 bits per heavy atom. The van der Waals surface area contributed by atoms with Crippen LogP contribution in [0, 0.1) is 11.8 Å². The van der Waals surface area contributed by atoms with E-state index in [2.05, 4.69) is 21.2 Å². The first-order valence-corrected chi connectivity index (χ1v) is 11.7. The van der Waals surface area contributed by atoms with Gasteiger partial charge in [-0.15, -0.1) is 0 Å². The van der Waals surface area contributed by atoms with Crippen LogP contribution in [0.2, 0.25) is 10.0 Å². The highest BCUT2D eigenvalue weighted by molar-refractivity contribution is 9.10. The van der Waals surface area contributed by atoms with Crippen molar-refractivity contribution in [3.8, 4) is 5.75 Å². The van der Waals surface area contributed by atoms with Crippen LogP contribution in [0.1, 0.15) is 0 Å². The molecule has 170 valence electrons. The Hall–Kier alpha value is -2.39. The lowest BCUT2D eigenvalue weighted by Gasteiger charge is -2.29. The Bertz CT molecular complexity index is 1190. The van der Waals surface area contributed by atoms with Crippen LogP contribution in [0.25, 0.3) is 0 Å². The standard InChI is InChI=1S/C23H17BrCl2N2O5/c24-12-1-4-14(5-2-12)28-21(30)19-17-7-8-23(33-17,20(19)22(28)31)11-27-18(29)10-32-16-6-3-13(25)9-15(16)26/h1-9,17,19-20H,10-11H2,(H,27,29)/t17-,19+,20+,23-/m1/s1. The molecule has 33 heavy (non-hydrogen) atoms. The van der Waals surface area contributed by atoms with E-state index in [-0.39, 0.29) is 25.0 Å². The van der Waals surface area contributed by atoms with Crippen molar-refractivity contribution in [3.05, 3.63) is 69.1 Å². The largest absolute Gasteiger partial charge is 0.482 e. The van der Waals surface area contributed by atoms with Crippen LogP contribution in [0.5, 0.6) is 5.75 Å². The Morgan fingerprint density at radius 1 is 1.15 bits per heavy atom. The summed E-state index contributed by atoms with van der Waals surface area (Å²) in [4.78, 5) is 40.1. The van der Waals surface area contributed by atoms with Crippen molar-refractivity contribution in [2.75, 3.05) is 18.1 Å². The Morgan fingerprint density at radius 2 is 1.91 bits per heavy atom. The van der Waals surface area contributed by atoms with Crippen molar-refractivity contribution in [3.63, 3.8) is 0 Å². The molecular formula is C23H17BrCl2N2O5. The molecular weight excluding hydrogens is 535 g/mol. The smallest absolute Gasteiger partial charge is 0.258 e. The van der Waals surface area contributed by atoms with Crippen molar-refractivity contribution >= 4 is 62.5 Å². The number of anilines is 1. The number of nitrogens with one attached hydrogen (secondary N) is 1. The van der Waals surface area contributed by atoms with Gasteiger partial charge in [-0.05, 0) is 42.5 Å². The molecule has 2 bridgehead atoms. The molecule has 0 spiro atoms. The number of rotatable bonds is 6. The van der Waals surface area contributed by atoms with Crippen LogP contribution >= 0.6 is 39.1 Å². The third-order valence-corrected chi connectivity index (χ3v) is 7.11. The number of ether oxygens (including phenoxy) is 2. The quantitative estimate of drug-likeness (QED) is 0.436. The number of nitrogens with zero attached hydrogens (tertiary/aromatic N) is 1. The molecule has 0 unspecified atom stereocenters. The predicted octanol–water partition coefficient (Wildman–Crippen LogP) is 3.76. The van der Waals surface area contributed by atoms with Crippen molar-refractivity contribution in [1.82, 2.24) is 5.32 Å². The van der Waals surface area contributed by atoms with Crippen LogP contribution in [-0.4, -0.2) is 42.6 Å². The number of amides is 3. The van der Waals surface area contributed by atoms with Crippen LogP contribution in [0.4, 0.5) is 5.69 Å². The summed E-state index contributed by atoms with van der Waals surface area (Å²) in [6.07, 6.45) is 3.05. The first kappa shape index (κ1) is 22.4. The van der Waals surface area contributed by atoms with E-state index >= 15 is 0 Å². The second kappa shape index (κ2) is 8.43. The van der Waals surface area contributed by atoms with Crippen molar-refractivity contribution < 1.29 is 23.9 Å². The molecule has 1 N–H and O–H groups in total. The molecule has 0 aliphatic carbocycles. The van der Waals surface area contributed by atoms with Gasteiger partial charge in [0, 0.05) is 9.50 Å². The maximum atomic E-state index is 13.3. The first-order chi connectivity index (χ1) is 15.8. The zero-order chi connectivity index (χ0) is 23.3. The Balaban J connectivity index is 1.27. The minimum absolute atomic E-state index is 0.0326. The van der Waals surface area contributed by atoms with Gasteiger partial charge >= 0.3 is 0 Å². The fraction of sp³-hybridized carbons (Fsp3) is 0.261. The fourth-order valence-corrected chi connectivity index (χ4v) is 5.30. The molecule has 0 aromatic heterocycles. The van der Waals surface area contributed by atoms with Crippen LogP contribution in [0.15, 0.2) is 59.1 Å². The molecule has 2 aromatic rings. The van der Waals surface area contributed by atoms with E-state index in [4.69, 9.17) is 32.7 Å². The predicted molar refractivity (Wildman–Crippen MR) is 125 cm³/mol. The summed E-state index contributed by atoms with van der Waals surface area (Å²) in [5.41, 5.74) is -0.575. The van der Waals surface area contributed by atoms with E-state index in [0.29, 0.717) is 21.5 Å². The molecule has 3 aliphatic rings. The lowest BCUT2D eigenvalue weighted by Crippen LogP contribution is -2.49. The first-order valence-electron chi connectivity index (χ1n) is 10.1. The molecule has 10 heteroatoms. The average molecular weight is 552 g/mol. The maximum Gasteiger partial charge on any atom is 0.258 e. The highest BCUT2D eigenvalue weighted by atomic mass is 79.9. The molecule has 2 fully saturated rings. The summed E-state index contributed by atoms with van der Waals surface area (Å²) in [6.45, 7) is -0.249. The molecule has 5 rings (SSSR count). The molecule has 7 nitrogen and oxygen atoms in total. The second-order valence-corrected chi connectivity index (χ2v) is 9.79. The minimum Gasteiger partial charge on any atom is -0.482 e. The van der Waals surface area contributed by atoms with Gasteiger partial charge in [-0.3, -0.25) is 14.4 Å². The fourth-order valence-electron chi connectivity index (χ4n) is 4.57. The van der Waals surface area contributed by atoms with Gasteiger partial charge < -0.3 is 14.8 Å². The van der Waals surface area contributed by atoms with E-state index in [0.717, 1.165) is 4.47 Å². The normalized spacial score (nSPS) is 27.2. The number of fused-ring (bicyclic) bond motifs is 5. The zero-order valence-corrected chi connectivity index (χ0v) is 20.1. The number of carbonyl (C=O) groups excluding carboxylic acids is 3. The van der Waals surface area contributed by atoms with Crippen LogP contribution < -0.4 is 15.0 Å². The number of hydrogen-bond donors (Lipinski definition) is 1. The number of benzene rings is 2. The molecule has 3 amide bonds. The molecule has 3 heterocycles. The van der Waals surface area contributed by atoms with E-state index in [1.165, 1.54) is 11.0 Å². The lowest BCUT2D eigenvalue weighted by molar-refractivity contribution is -0.129. The summed E-state index contributed by atoms with van der Waals surface area (Å²) in [5, 5.41) is 3.51. The molecule has 2 saturated heterocycles. The minimum atomic E-state index is -1.08. The third kappa shape index (κ3) is 3.85. The van der Waals surface area contributed by atoms with E-state index in [1.807, 2.05) is 0 Å².